The predicted molar refractivity (Wildman–Crippen MR) is 72.3 cm³/mol. The van der Waals surface area contributed by atoms with Crippen LogP contribution in [0.25, 0.3) is 0 Å². The molecule has 0 saturated heterocycles. The highest BCUT2D eigenvalue weighted by molar-refractivity contribution is 5.24. The van der Waals surface area contributed by atoms with E-state index in [1.165, 1.54) is 17.7 Å². The van der Waals surface area contributed by atoms with E-state index in [9.17, 15) is 5.11 Å². The largest absolute Gasteiger partial charge is 0.390 e. The second-order valence-electron chi connectivity index (χ2n) is 6.81. The molecule has 1 aromatic heterocycles. The van der Waals surface area contributed by atoms with Crippen molar-refractivity contribution in [1.29, 1.82) is 0 Å². The van der Waals surface area contributed by atoms with E-state index in [2.05, 4.69) is 24.9 Å². The van der Waals surface area contributed by atoms with Crippen LogP contribution in [0.1, 0.15) is 50.8 Å². The minimum absolute atomic E-state index is 0.241. The molecule has 1 fully saturated rings. The summed E-state index contributed by atoms with van der Waals surface area (Å²) in [6.07, 6.45) is 8.04. The van der Waals surface area contributed by atoms with E-state index in [1.807, 2.05) is 12.3 Å². The summed E-state index contributed by atoms with van der Waals surface area (Å²) in [5, 5.41) is 11.1. The Hall–Kier alpha value is -0.890. The lowest BCUT2D eigenvalue weighted by molar-refractivity contribution is -0.104. The average molecular weight is 245 g/mol. The van der Waals surface area contributed by atoms with Crippen molar-refractivity contribution in [3.63, 3.8) is 0 Å². The van der Waals surface area contributed by atoms with Crippen LogP contribution in [0.4, 0.5) is 0 Å². The first-order valence-electron chi connectivity index (χ1n) is 7.16. The fourth-order valence-corrected chi connectivity index (χ4v) is 4.13. The molecule has 3 rings (SSSR count). The van der Waals surface area contributed by atoms with Gasteiger partial charge >= 0.3 is 0 Å². The van der Waals surface area contributed by atoms with Gasteiger partial charge < -0.3 is 5.11 Å². The lowest BCUT2D eigenvalue weighted by Gasteiger charge is -2.49. The molecule has 0 unspecified atom stereocenters. The van der Waals surface area contributed by atoms with Gasteiger partial charge in [0.15, 0.2) is 0 Å². The zero-order valence-corrected chi connectivity index (χ0v) is 11.4. The van der Waals surface area contributed by atoms with Gasteiger partial charge in [-0.15, -0.1) is 0 Å². The molecular formula is C16H23NO. The second-order valence-corrected chi connectivity index (χ2v) is 6.81. The summed E-state index contributed by atoms with van der Waals surface area (Å²) < 4.78 is 0. The highest BCUT2D eigenvalue weighted by atomic mass is 16.3. The van der Waals surface area contributed by atoms with Crippen molar-refractivity contribution in [3.8, 4) is 0 Å². The molecule has 0 spiro atoms. The van der Waals surface area contributed by atoms with Crippen molar-refractivity contribution >= 4 is 0 Å². The number of aryl methyl sites for hydroxylation is 1. The molecule has 0 aromatic carbocycles. The Bertz CT molecular complexity index is 454. The first-order valence-corrected chi connectivity index (χ1v) is 7.16. The number of hydrogen-bond acceptors (Lipinski definition) is 2. The summed E-state index contributed by atoms with van der Waals surface area (Å²) in [6.45, 7) is 4.65. The van der Waals surface area contributed by atoms with Crippen LogP contribution in [-0.4, -0.2) is 15.7 Å². The van der Waals surface area contributed by atoms with Gasteiger partial charge in [0.1, 0.15) is 0 Å². The smallest absolute Gasteiger partial charge is 0.0687 e. The van der Waals surface area contributed by atoms with E-state index in [0.717, 1.165) is 32.1 Å². The zero-order chi connectivity index (χ0) is 12.8. The van der Waals surface area contributed by atoms with Crippen LogP contribution in [0.5, 0.6) is 0 Å². The summed E-state index contributed by atoms with van der Waals surface area (Å²) in [6, 6.07) is 4.22. The van der Waals surface area contributed by atoms with E-state index in [0.29, 0.717) is 5.92 Å². The van der Waals surface area contributed by atoms with E-state index < -0.39 is 5.60 Å². The number of pyridine rings is 1. The molecule has 2 atom stereocenters. The number of aromatic nitrogens is 1. The topological polar surface area (TPSA) is 33.1 Å². The first kappa shape index (κ1) is 12.2. The first-order chi connectivity index (χ1) is 8.51. The van der Waals surface area contributed by atoms with Crippen molar-refractivity contribution in [3.05, 3.63) is 29.6 Å². The molecule has 0 bridgehead atoms. The molecule has 18 heavy (non-hydrogen) atoms. The van der Waals surface area contributed by atoms with Crippen LogP contribution in [0.3, 0.4) is 0 Å². The third-order valence-corrected chi connectivity index (χ3v) is 5.23. The van der Waals surface area contributed by atoms with Gasteiger partial charge in [0.2, 0.25) is 0 Å². The summed E-state index contributed by atoms with van der Waals surface area (Å²) in [7, 11) is 0. The minimum Gasteiger partial charge on any atom is -0.390 e. The molecule has 1 heterocycles. The number of aliphatic hydroxyl groups is 1. The van der Waals surface area contributed by atoms with Crippen molar-refractivity contribution in [2.75, 3.05) is 0 Å². The fourth-order valence-electron chi connectivity index (χ4n) is 4.13. The molecule has 0 amide bonds. The molecule has 0 aliphatic heterocycles. The minimum atomic E-state index is -0.470. The van der Waals surface area contributed by atoms with E-state index >= 15 is 0 Å². The van der Waals surface area contributed by atoms with Gasteiger partial charge in [-0.1, -0.05) is 26.3 Å². The van der Waals surface area contributed by atoms with Crippen molar-refractivity contribution < 1.29 is 5.11 Å². The van der Waals surface area contributed by atoms with Crippen LogP contribution in [-0.2, 0) is 12.8 Å². The monoisotopic (exact) mass is 245 g/mol. The van der Waals surface area contributed by atoms with E-state index in [1.54, 1.807) is 0 Å². The van der Waals surface area contributed by atoms with Crippen LogP contribution in [0.2, 0.25) is 0 Å². The standard InChI is InChI=1S/C16H23NO/c1-15(2)7-4-8-16(18)9-6-13-12(11-14(15)16)5-3-10-17-13/h3,5,10,14,18H,4,6-9,11H2,1-2H3/t14-,16-/m1/s1. The predicted octanol–water partition coefficient (Wildman–Crippen LogP) is 3.13. The Kier molecular flexibility index (Phi) is 2.74. The Labute approximate surface area is 109 Å². The van der Waals surface area contributed by atoms with E-state index in [-0.39, 0.29) is 5.41 Å². The van der Waals surface area contributed by atoms with Crippen molar-refractivity contribution in [1.82, 2.24) is 4.98 Å². The number of hydrogen-bond donors (Lipinski definition) is 1. The third-order valence-electron chi connectivity index (χ3n) is 5.23. The average Bonchev–Trinajstić information content (AvgIpc) is 2.47. The molecule has 2 heteroatoms. The van der Waals surface area contributed by atoms with E-state index in [4.69, 9.17) is 0 Å². The maximum absolute atomic E-state index is 11.1. The molecule has 98 valence electrons. The maximum Gasteiger partial charge on any atom is 0.0687 e. The van der Waals surface area contributed by atoms with Gasteiger partial charge in [0, 0.05) is 11.9 Å². The molecule has 1 aromatic rings. The zero-order valence-electron chi connectivity index (χ0n) is 11.4. The van der Waals surface area contributed by atoms with Crippen molar-refractivity contribution in [2.45, 2.75) is 58.0 Å². The SMILES string of the molecule is CC1(C)CCC[C@@]2(O)CCc3ncccc3C[C@H]12. The summed E-state index contributed by atoms with van der Waals surface area (Å²) >= 11 is 0. The number of rotatable bonds is 0. The summed E-state index contributed by atoms with van der Waals surface area (Å²) in [4.78, 5) is 4.50. The third kappa shape index (κ3) is 1.87. The maximum atomic E-state index is 11.1. The van der Waals surface area contributed by atoms with Gasteiger partial charge in [0.05, 0.1) is 5.60 Å². The van der Waals surface area contributed by atoms with Crippen LogP contribution < -0.4 is 0 Å². The number of nitrogens with zero attached hydrogens (tertiary/aromatic N) is 1. The Morgan fingerprint density at radius 3 is 2.94 bits per heavy atom. The lowest BCUT2D eigenvalue weighted by Crippen LogP contribution is -2.49. The molecule has 2 nitrogen and oxygen atoms in total. The van der Waals surface area contributed by atoms with Gasteiger partial charge in [-0.2, -0.15) is 0 Å². The van der Waals surface area contributed by atoms with Crippen LogP contribution in [0.15, 0.2) is 18.3 Å². The van der Waals surface area contributed by atoms with Crippen LogP contribution >= 0.6 is 0 Å². The second kappa shape index (κ2) is 4.06. The number of fused-ring (bicyclic) bond motifs is 2. The molecule has 1 N–H and O–H groups in total. The summed E-state index contributed by atoms with van der Waals surface area (Å²) in [5.41, 5.74) is 2.33. The van der Waals surface area contributed by atoms with Gasteiger partial charge in [0.25, 0.3) is 0 Å². The van der Waals surface area contributed by atoms with Gasteiger partial charge in [-0.05, 0) is 55.1 Å². The lowest BCUT2D eigenvalue weighted by atomic mass is 9.59. The van der Waals surface area contributed by atoms with Crippen LogP contribution in [0, 0.1) is 11.3 Å². The van der Waals surface area contributed by atoms with Gasteiger partial charge in [-0.3, -0.25) is 4.98 Å². The van der Waals surface area contributed by atoms with Gasteiger partial charge in [-0.25, -0.2) is 0 Å². The Morgan fingerprint density at radius 1 is 1.28 bits per heavy atom. The molecule has 1 saturated carbocycles. The Balaban J connectivity index is 2.01. The summed E-state index contributed by atoms with van der Waals surface area (Å²) in [5.74, 6) is 0.379. The molecular weight excluding hydrogens is 222 g/mol. The molecule has 2 aliphatic rings. The molecule has 0 radical (unpaired) electrons. The Morgan fingerprint density at radius 2 is 2.11 bits per heavy atom. The fraction of sp³-hybridized carbons (Fsp3) is 0.688. The highest BCUT2D eigenvalue weighted by Gasteiger charge is 2.49. The highest BCUT2D eigenvalue weighted by Crippen LogP contribution is 2.50. The molecule has 2 aliphatic carbocycles. The normalized spacial score (nSPS) is 34.3. The quantitative estimate of drug-likeness (QED) is 0.761. The van der Waals surface area contributed by atoms with Crippen molar-refractivity contribution in [2.24, 2.45) is 11.3 Å².